The highest BCUT2D eigenvalue weighted by Crippen LogP contribution is 2.31. The summed E-state index contributed by atoms with van der Waals surface area (Å²) in [7, 11) is 0. The van der Waals surface area contributed by atoms with Gasteiger partial charge in [-0.15, -0.1) is 0 Å². The molecule has 1 fully saturated rings. The Kier molecular flexibility index (Phi) is 5.65. The molecule has 0 aromatic heterocycles. The minimum absolute atomic E-state index is 0.0828. The molecule has 1 aliphatic carbocycles. The fourth-order valence-corrected chi connectivity index (χ4v) is 3.25. The first-order valence-corrected chi connectivity index (χ1v) is 7.51. The Labute approximate surface area is 117 Å². The predicted octanol–water partition coefficient (Wildman–Crippen LogP) is 3.45. The van der Waals surface area contributed by atoms with Crippen LogP contribution >= 0.6 is 0 Å². The lowest BCUT2D eigenvalue weighted by Gasteiger charge is -2.43. The molecule has 0 saturated heterocycles. The van der Waals surface area contributed by atoms with E-state index < -0.39 is 11.6 Å². The molecule has 3 N–H and O–H groups in total. The Morgan fingerprint density at radius 3 is 2.21 bits per heavy atom. The van der Waals surface area contributed by atoms with E-state index in [-0.39, 0.29) is 12.1 Å². The number of carbonyl (C=O) groups is 1. The predicted molar refractivity (Wildman–Crippen MR) is 78.2 cm³/mol. The first-order chi connectivity index (χ1) is 8.73. The molecule has 0 unspecified atom stereocenters. The first-order valence-electron chi connectivity index (χ1n) is 7.51. The van der Waals surface area contributed by atoms with Gasteiger partial charge in [-0.3, -0.25) is 4.90 Å². The molecule has 0 spiro atoms. The lowest BCUT2D eigenvalue weighted by molar-refractivity contribution is 0.0509. The Balaban J connectivity index is 2.81. The van der Waals surface area contributed by atoms with Crippen LogP contribution < -0.4 is 5.73 Å². The van der Waals surface area contributed by atoms with Crippen molar-refractivity contribution >= 4 is 6.09 Å². The quantitative estimate of drug-likeness (QED) is 0.822. The third-order valence-corrected chi connectivity index (χ3v) is 4.17. The van der Waals surface area contributed by atoms with E-state index in [1.165, 1.54) is 32.1 Å². The SMILES string of the molecule is C[C@H](N)[C@H](CC1CCCCC1)N(C(=O)O)C(C)(C)C. The zero-order valence-corrected chi connectivity index (χ0v) is 12.9. The van der Waals surface area contributed by atoms with Crippen molar-refractivity contribution in [1.82, 2.24) is 4.90 Å². The third kappa shape index (κ3) is 4.68. The van der Waals surface area contributed by atoms with Gasteiger partial charge in [0.2, 0.25) is 0 Å². The van der Waals surface area contributed by atoms with Gasteiger partial charge in [0, 0.05) is 11.6 Å². The Hall–Kier alpha value is -0.770. The van der Waals surface area contributed by atoms with E-state index in [1.54, 1.807) is 4.90 Å². The lowest BCUT2D eigenvalue weighted by Crippen LogP contribution is -2.57. The molecule has 0 aromatic rings. The summed E-state index contributed by atoms with van der Waals surface area (Å²) in [5.41, 5.74) is 5.68. The summed E-state index contributed by atoms with van der Waals surface area (Å²) in [4.78, 5) is 13.2. The second-order valence-electron chi connectivity index (χ2n) is 6.99. The molecular weight excluding hydrogens is 240 g/mol. The molecule has 4 nitrogen and oxygen atoms in total. The van der Waals surface area contributed by atoms with E-state index in [9.17, 15) is 9.90 Å². The van der Waals surface area contributed by atoms with Gasteiger partial charge in [0.15, 0.2) is 0 Å². The highest BCUT2D eigenvalue weighted by molar-refractivity contribution is 5.66. The van der Waals surface area contributed by atoms with Gasteiger partial charge >= 0.3 is 6.09 Å². The fraction of sp³-hybridized carbons (Fsp3) is 0.933. The molecule has 0 bridgehead atoms. The summed E-state index contributed by atoms with van der Waals surface area (Å²) in [6, 6.07) is -0.210. The van der Waals surface area contributed by atoms with Gasteiger partial charge in [0.25, 0.3) is 0 Å². The number of hydrogen-bond donors (Lipinski definition) is 2. The minimum Gasteiger partial charge on any atom is -0.465 e. The highest BCUT2D eigenvalue weighted by atomic mass is 16.4. The molecule has 0 aromatic carbocycles. The van der Waals surface area contributed by atoms with Crippen molar-refractivity contribution in [3.05, 3.63) is 0 Å². The van der Waals surface area contributed by atoms with Crippen LogP contribution in [0.25, 0.3) is 0 Å². The van der Waals surface area contributed by atoms with Crippen molar-refractivity contribution in [2.75, 3.05) is 0 Å². The maximum atomic E-state index is 11.6. The highest BCUT2D eigenvalue weighted by Gasteiger charge is 2.36. The topological polar surface area (TPSA) is 66.6 Å². The molecule has 1 rings (SSSR count). The number of nitrogens with zero attached hydrogens (tertiary/aromatic N) is 1. The van der Waals surface area contributed by atoms with Gasteiger partial charge < -0.3 is 10.8 Å². The maximum Gasteiger partial charge on any atom is 0.408 e. The van der Waals surface area contributed by atoms with Crippen LogP contribution in [0.3, 0.4) is 0 Å². The normalized spacial score (nSPS) is 20.9. The van der Waals surface area contributed by atoms with E-state index >= 15 is 0 Å². The summed E-state index contributed by atoms with van der Waals surface area (Å²) < 4.78 is 0. The molecule has 19 heavy (non-hydrogen) atoms. The lowest BCUT2D eigenvalue weighted by atomic mass is 9.82. The van der Waals surface area contributed by atoms with E-state index in [0.717, 1.165) is 6.42 Å². The summed E-state index contributed by atoms with van der Waals surface area (Å²) in [5, 5.41) is 9.53. The van der Waals surface area contributed by atoms with Crippen molar-refractivity contribution in [2.45, 2.75) is 83.8 Å². The van der Waals surface area contributed by atoms with E-state index in [4.69, 9.17) is 5.73 Å². The maximum absolute atomic E-state index is 11.6. The average molecular weight is 270 g/mol. The monoisotopic (exact) mass is 270 g/mol. The molecule has 1 amide bonds. The van der Waals surface area contributed by atoms with Gasteiger partial charge in [-0.1, -0.05) is 32.1 Å². The van der Waals surface area contributed by atoms with Crippen LogP contribution in [0, 0.1) is 5.92 Å². The summed E-state index contributed by atoms with van der Waals surface area (Å²) in [6.07, 6.45) is 6.37. The van der Waals surface area contributed by atoms with Crippen LogP contribution in [-0.4, -0.2) is 33.7 Å². The Morgan fingerprint density at radius 1 is 1.32 bits per heavy atom. The summed E-state index contributed by atoms with van der Waals surface area (Å²) in [5.74, 6) is 0.633. The molecule has 0 radical (unpaired) electrons. The van der Waals surface area contributed by atoms with Gasteiger partial charge in [-0.05, 0) is 40.0 Å². The number of hydrogen-bond acceptors (Lipinski definition) is 2. The molecule has 1 aliphatic rings. The van der Waals surface area contributed by atoms with Crippen LogP contribution in [0.5, 0.6) is 0 Å². The number of amides is 1. The van der Waals surface area contributed by atoms with Crippen molar-refractivity contribution in [2.24, 2.45) is 11.7 Å². The largest absolute Gasteiger partial charge is 0.465 e. The second-order valence-corrected chi connectivity index (χ2v) is 6.99. The summed E-state index contributed by atoms with van der Waals surface area (Å²) >= 11 is 0. The molecule has 0 aliphatic heterocycles. The van der Waals surface area contributed by atoms with E-state index in [1.807, 2.05) is 27.7 Å². The third-order valence-electron chi connectivity index (χ3n) is 4.17. The van der Waals surface area contributed by atoms with Crippen LogP contribution in [0.1, 0.15) is 66.2 Å². The molecular formula is C15H30N2O2. The van der Waals surface area contributed by atoms with E-state index in [2.05, 4.69) is 0 Å². The molecule has 2 atom stereocenters. The molecule has 1 saturated carbocycles. The number of nitrogens with two attached hydrogens (primary N) is 1. The van der Waals surface area contributed by atoms with Crippen molar-refractivity contribution < 1.29 is 9.90 Å². The van der Waals surface area contributed by atoms with Crippen molar-refractivity contribution in [3.8, 4) is 0 Å². The van der Waals surface area contributed by atoms with Gasteiger partial charge in [-0.25, -0.2) is 4.79 Å². The number of carboxylic acid groups (broad SMARTS) is 1. The first kappa shape index (κ1) is 16.3. The zero-order chi connectivity index (χ0) is 14.6. The van der Waals surface area contributed by atoms with Gasteiger partial charge in [0.1, 0.15) is 0 Å². The Morgan fingerprint density at radius 2 is 1.84 bits per heavy atom. The van der Waals surface area contributed by atoms with Gasteiger partial charge in [-0.2, -0.15) is 0 Å². The molecule has 0 heterocycles. The van der Waals surface area contributed by atoms with Gasteiger partial charge in [0.05, 0.1) is 6.04 Å². The van der Waals surface area contributed by atoms with Crippen LogP contribution in [0.4, 0.5) is 4.79 Å². The van der Waals surface area contributed by atoms with Crippen molar-refractivity contribution in [1.29, 1.82) is 0 Å². The standard InChI is InChI=1S/C15H30N2O2/c1-11(16)13(10-12-8-6-5-7-9-12)17(14(18)19)15(2,3)4/h11-13H,5-10,16H2,1-4H3,(H,18,19)/t11-,13-/m0/s1. The Bertz CT molecular complexity index is 291. The molecule has 4 heteroatoms. The zero-order valence-electron chi connectivity index (χ0n) is 12.9. The molecule has 112 valence electrons. The second kappa shape index (κ2) is 6.60. The van der Waals surface area contributed by atoms with Crippen molar-refractivity contribution in [3.63, 3.8) is 0 Å². The van der Waals surface area contributed by atoms with E-state index in [0.29, 0.717) is 5.92 Å². The van der Waals surface area contributed by atoms with Crippen LogP contribution in [0.2, 0.25) is 0 Å². The summed E-state index contributed by atoms with van der Waals surface area (Å²) in [6.45, 7) is 7.75. The smallest absolute Gasteiger partial charge is 0.408 e. The minimum atomic E-state index is -0.856. The number of rotatable bonds is 4. The fourth-order valence-electron chi connectivity index (χ4n) is 3.25. The average Bonchev–Trinajstić information content (AvgIpc) is 2.27. The van der Waals surface area contributed by atoms with Crippen LogP contribution in [0.15, 0.2) is 0 Å². The van der Waals surface area contributed by atoms with Crippen LogP contribution in [-0.2, 0) is 0 Å².